The van der Waals surface area contributed by atoms with Gasteiger partial charge in [0.15, 0.2) is 5.69 Å². The van der Waals surface area contributed by atoms with Crippen LogP contribution in [0.15, 0.2) is 59.5 Å². The van der Waals surface area contributed by atoms with Crippen molar-refractivity contribution in [1.82, 2.24) is 10.3 Å². The van der Waals surface area contributed by atoms with Gasteiger partial charge < -0.3 is 25.8 Å². The Labute approximate surface area is 174 Å². The van der Waals surface area contributed by atoms with Gasteiger partial charge >= 0.3 is 12.0 Å². The summed E-state index contributed by atoms with van der Waals surface area (Å²) < 4.78 is 27.3. The lowest BCUT2D eigenvalue weighted by Gasteiger charge is -2.19. The van der Waals surface area contributed by atoms with Gasteiger partial charge in [-0.2, -0.15) is 0 Å². The van der Waals surface area contributed by atoms with Crippen LogP contribution in [0.2, 0.25) is 0 Å². The predicted octanol–water partition coefficient (Wildman–Crippen LogP) is 3.36. The molecule has 1 aromatic heterocycles. The van der Waals surface area contributed by atoms with Gasteiger partial charge in [0, 0.05) is 17.8 Å². The molecule has 0 aliphatic rings. The first-order valence-corrected chi connectivity index (χ1v) is 9.00. The Bertz CT molecular complexity index is 1200. The number of halogens is 2. The van der Waals surface area contributed by atoms with E-state index in [1.165, 1.54) is 30.5 Å². The Hall–Kier alpha value is -4.21. The van der Waals surface area contributed by atoms with Crippen molar-refractivity contribution < 1.29 is 28.6 Å². The lowest BCUT2D eigenvalue weighted by Crippen LogP contribution is -2.35. The highest BCUT2D eigenvalue weighted by atomic mass is 19.1. The van der Waals surface area contributed by atoms with E-state index in [1.807, 2.05) is 0 Å². The minimum atomic E-state index is -1.22. The second-order valence-electron chi connectivity index (χ2n) is 6.57. The summed E-state index contributed by atoms with van der Waals surface area (Å²) in [5, 5.41) is 23.6. The third-order valence-electron chi connectivity index (χ3n) is 4.39. The molecular formula is C21H17F2N3O5. The van der Waals surface area contributed by atoms with Crippen LogP contribution in [0.4, 0.5) is 19.3 Å². The minimum Gasteiger partial charge on any atom is -0.505 e. The number of hydrogen-bond donors (Lipinski definition) is 5. The fourth-order valence-electron chi connectivity index (χ4n) is 2.97. The van der Waals surface area contributed by atoms with Crippen molar-refractivity contribution in [3.63, 3.8) is 0 Å². The Kier molecular flexibility index (Phi) is 6.29. The van der Waals surface area contributed by atoms with E-state index in [2.05, 4.69) is 15.6 Å². The van der Waals surface area contributed by atoms with Crippen LogP contribution in [0.25, 0.3) is 11.1 Å². The van der Waals surface area contributed by atoms with Crippen LogP contribution >= 0.6 is 0 Å². The van der Waals surface area contributed by atoms with Crippen molar-refractivity contribution in [2.45, 2.75) is 12.5 Å². The van der Waals surface area contributed by atoms with Crippen LogP contribution in [0.1, 0.15) is 18.0 Å². The number of aliphatic carboxylic acids is 1. The van der Waals surface area contributed by atoms with Crippen LogP contribution < -0.4 is 16.2 Å². The van der Waals surface area contributed by atoms with E-state index in [1.54, 1.807) is 6.07 Å². The summed E-state index contributed by atoms with van der Waals surface area (Å²) in [6.07, 6.45) is 0.675. The van der Waals surface area contributed by atoms with Gasteiger partial charge in [0.2, 0.25) is 0 Å². The zero-order chi connectivity index (χ0) is 22.5. The number of carbonyl (C=O) groups is 2. The molecule has 1 heterocycles. The highest BCUT2D eigenvalue weighted by Crippen LogP contribution is 2.27. The maximum atomic E-state index is 14.1. The van der Waals surface area contributed by atoms with Crippen molar-refractivity contribution in [2.24, 2.45) is 0 Å². The molecule has 3 rings (SSSR count). The molecule has 0 bridgehead atoms. The molecule has 0 aliphatic heterocycles. The molecule has 1 unspecified atom stereocenters. The molecule has 2 amide bonds. The topological polar surface area (TPSA) is 132 Å². The van der Waals surface area contributed by atoms with Crippen LogP contribution in [0.5, 0.6) is 5.75 Å². The maximum Gasteiger partial charge on any atom is 0.319 e. The number of amides is 2. The molecular weight excluding hydrogens is 412 g/mol. The Morgan fingerprint density at radius 2 is 1.87 bits per heavy atom. The highest BCUT2D eigenvalue weighted by Gasteiger charge is 2.20. The summed E-state index contributed by atoms with van der Waals surface area (Å²) in [5.41, 5.74) is -0.368. The van der Waals surface area contributed by atoms with E-state index in [9.17, 15) is 33.4 Å². The van der Waals surface area contributed by atoms with E-state index in [0.717, 1.165) is 18.2 Å². The Morgan fingerprint density at radius 3 is 2.55 bits per heavy atom. The third kappa shape index (κ3) is 5.24. The SMILES string of the molecule is O=C(O)CC(NC(=O)Nc1c(O)cc[nH]c1=O)c1cccc(-c2ccc(F)cc2F)c1. The standard InChI is InChI=1S/C21H17F2N3O5/c22-13-4-5-14(15(23)9-13)11-2-1-3-12(8-11)16(10-18(28)29)25-21(31)26-19-17(27)6-7-24-20(19)30/h1-9,16H,10H2,(H,28,29)(H2,24,27,30)(H2,25,26,31). The van der Waals surface area contributed by atoms with Gasteiger partial charge in [-0.3, -0.25) is 9.59 Å². The largest absolute Gasteiger partial charge is 0.505 e. The number of carboxylic acids is 1. The first kappa shape index (κ1) is 21.5. The quantitative estimate of drug-likeness (QED) is 0.410. The van der Waals surface area contributed by atoms with E-state index in [0.29, 0.717) is 11.1 Å². The average molecular weight is 429 g/mol. The van der Waals surface area contributed by atoms with E-state index in [-0.39, 0.29) is 5.56 Å². The summed E-state index contributed by atoms with van der Waals surface area (Å²) >= 11 is 0. The molecule has 1 atom stereocenters. The molecule has 5 N–H and O–H groups in total. The minimum absolute atomic E-state index is 0.0996. The number of carbonyl (C=O) groups excluding carboxylic acids is 1. The van der Waals surface area contributed by atoms with Gasteiger partial charge in [0.1, 0.15) is 17.4 Å². The summed E-state index contributed by atoms with van der Waals surface area (Å²) in [6, 6.07) is 8.34. The number of anilines is 1. The van der Waals surface area contributed by atoms with Crippen LogP contribution in [0, 0.1) is 11.6 Å². The Morgan fingerprint density at radius 1 is 1.10 bits per heavy atom. The fourth-order valence-corrected chi connectivity index (χ4v) is 2.97. The number of rotatable bonds is 6. The molecule has 8 nitrogen and oxygen atoms in total. The summed E-state index contributed by atoms with van der Waals surface area (Å²) in [6.45, 7) is 0. The zero-order valence-corrected chi connectivity index (χ0v) is 15.9. The van der Waals surface area contributed by atoms with Gasteiger partial charge in [0.05, 0.1) is 12.5 Å². The number of aromatic amines is 1. The molecule has 160 valence electrons. The van der Waals surface area contributed by atoms with Crippen molar-refractivity contribution in [3.05, 3.63) is 82.3 Å². The second kappa shape index (κ2) is 9.08. The number of aromatic hydroxyl groups is 1. The predicted molar refractivity (Wildman–Crippen MR) is 108 cm³/mol. The van der Waals surface area contributed by atoms with E-state index in [4.69, 9.17) is 0 Å². The molecule has 0 spiro atoms. The maximum absolute atomic E-state index is 14.1. The molecule has 0 saturated carbocycles. The number of benzene rings is 2. The number of urea groups is 1. The second-order valence-corrected chi connectivity index (χ2v) is 6.57. The van der Waals surface area contributed by atoms with Gasteiger partial charge in [-0.1, -0.05) is 18.2 Å². The number of pyridine rings is 1. The van der Waals surface area contributed by atoms with Crippen molar-refractivity contribution in [1.29, 1.82) is 0 Å². The smallest absolute Gasteiger partial charge is 0.319 e. The third-order valence-corrected chi connectivity index (χ3v) is 4.39. The van der Waals surface area contributed by atoms with Crippen LogP contribution in [-0.2, 0) is 4.79 Å². The lowest BCUT2D eigenvalue weighted by atomic mass is 9.97. The molecule has 0 aliphatic carbocycles. The number of aromatic nitrogens is 1. The lowest BCUT2D eigenvalue weighted by molar-refractivity contribution is -0.137. The van der Waals surface area contributed by atoms with Gasteiger partial charge in [-0.15, -0.1) is 0 Å². The van der Waals surface area contributed by atoms with Crippen molar-refractivity contribution in [2.75, 3.05) is 5.32 Å². The highest BCUT2D eigenvalue weighted by molar-refractivity contribution is 5.91. The first-order chi connectivity index (χ1) is 14.7. The summed E-state index contributed by atoms with van der Waals surface area (Å²) in [5.74, 6) is -3.22. The normalized spacial score (nSPS) is 11.5. The number of nitrogens with one attached hydrogen (secondary N) is 3. The molecule has 0 saturated heterocycles. The average Bonchev–Trinajstić information content (AvgIpc) is 2.70. The molecule has 2 aromatic carbocycles. The number of hydrogen-bond acceptors (Lipinski definition) is 4. The molecule has 10 heteroatoms. The summed E-state index contributed by atoms with van der Waals surface area (Å²) in [4.78, 5) is 37.7. The molecule has 0 radical (unpaired) electrons. The van der Waals surface area contributed by atoms with E-state index < -0.39 is 53.1 Å². The monoisotopic (exact) mass is 429 g/mol. The molecule has 0 fully saturated rings. The van der Waals surface area contributed by atoms with Gasteiger partial charge in [-0.05, 0) is 35.4 Å². The molecule has 31 heavy (non-hydrogen) atoms. The van der Waals surface area contributed by atoms with Gasteiger partial charge in [-0.25, -0.2) is 13.6 Å². The molecule has 3 aromatic rings. The van der Waals surface area contributed by atoms with Crippen LogP contribution in [-0.4, -0.2) is 27.2 Å². The van der Waals surface area contributed by atoms with Crippen LogP contribution in [0.3, 0.4) is 0 Å². The number of H-pyrrole nitrogens is 1. The van der Waals surface area contributed by atoms with Gasteiger partial charge in [0.25, 0.3) is 5.56 Å². The Balaban J connectivity index is 1.88. The summed E-state index contributed by atoms with van der Waals surface area (Å²) in [7, 11) is 0. The fraction of sp³-hybridized carbons (Fsp3) is 0.0952. The van der Waals surface area contributed by atoms with Crippen molar-refractivity contribution >= 4 is 17.7 Å². The zero-order valence-electron chi connectivity index (χ0n) is 15.9. The van der Waals surface area contributed by atoms with Crippen molar-refractivity contribution in [3.8, 4) is 16.9 Å². The van der Waals surface area contributed by atoms with E-state index >= 15 is 0 Å². The first-order valence-electron chi connectivity index (χ1n) is 9.00. The number of carboxylic acid groups (broad SMARTS) is 1.